The maximum Gasteiger partial charge on any atom is 0.231 e. The van der Waals surface area contributed by atoms with E-state index >= 15 is 0 Å². The molecule has 1 heterocycles. The van der Waals surface area contributed by atoms with Gasteiger partial charge in [-0.3, -0.25) is 4.79 Å². The van der Waals surface area contributed by atoms with E-state index in [4.69, 9.17) is 5.73 Å². The van der Waals surface area contributed by atoms with Crippen molar-refractivity contribution >= 4 is 5.91 Å². The molecule has 4 nitrogen and oxygen atoms in total. The number of hydrogen-bond acceptors (Lipinski definition) is 3. The molecule has 70 valence electrons. The average molecular weight is 171 g/mol. The summed E-state index contributed by atoms with van der Waals surface area (Å²) in [5, 5.41) is 3.05. The molecule has 0 aliphatic carbocycles. The molecule has 0 saturated carbocycles. The minimum Gasteiger partial charge on any atom is -0.369 e. The van der Waals surface area contributed by atoms with Crippen molar-refractivity contribution < 1.29 is 4.79 Å². The van der Waals surface area contributed by atoms with Gasteiger partial charge in [-0.25, -0.2) is 0 Å². The van der Waals surface area contributed by atoms with Crippen LogP contribution in [-0.2, 0) is 4.79 Å². The molecule has 1 amide bonds. The first-order valence-corrected chi connectivity index (χ1v) is 4.36. The van der Waals surface area contributed by atoms with E-state index in [9.17, 15) is 4.79 Å². The predicted molar refractivity (Wildman–Crippen MR) is 47.7 cm³/mol. The third kappa shape index (κ3) is 3.19. The van der Waals surface area contributed by atoms with Gasteiger partial charge in [-0.15, -0.1) is 0 Å². The van der Waals surface area contributed by atoms with E-state index in [1.54, 1.807) is 0 Å². The molecule has 1 unspecified atom stereocenters. The Balaban J connectivity index is 2.04. The number of nitrogens with two attached hydrogens (primary N) is 1. The molecule has 0 aromatic heterocycles. The van der Waals surface area contributed by atoms with Gasteiger partial charge in [0.15, 0.2) is 0 Å². The number of carbonyl (C=O) groups is 1. The lowest BCUT2D eigenvalue weighted by atomic mass is 10.1. The molecule has 0 radical (unpaired) electrons. The summed E-state index contributed by atoms with van der Waals surface area (Å²) in [6.07, 6.45) is 1.22. The Morgan fingerprint density at radius 2 is 2.50 bits per heavy atom. The average Bonchev–Trinajstić information content (AvgIpc) is 2.35. The molecule has 0 aromatic carbocycles. The van der Waals surface area contributed by atoms with Crippen molar-refractivity contribution in [2.45, 2.75) is 6.42 Å². The number of primary amides is 1. The summed E-state index contributed by atoms with van der Waals surface area (Å²) in [6.45, 7) is 3.52. The number of carbonyl (C=O) groups excluding carboxylic acids is 1. The van der Waals surface area contributed by atoms with Crippen molar-refractivity contribution in [2.24, 2.45) is 11.7 Å². The van der Waals surface area contributed by atoms with Gasteiger partial charge in [0.1, 0.15) is 0 Å². The van der Waals surface area contributed by atoms with Crippen LogP contribution >= 0.6 is 0 Å². The van der Waals surface area contributed by atoms with E-state index in [1.807, 2.05) is 0 Å². The van der Waals surface area contributed by atoms with Gasteiger partial charge in [-0.1, -0.05) is 0 Å². The number of nitrogens with one attached hydrogen (secondary N) is 1. The minimum atomic E-state index is -0.277. The van der Waals surface area contributed by atoms with Gasteiger partial charge in [0.25, 0.3) is 0 Å². The van der Waals surface area contributed by atoms with Crippen LogP contribution in [0.5, 0.6) is 0 Å². The van der Waals surface area contributed by atoms with Gasteiger partial charge in [0.05, 0.1) is 6.54 Å². The second-order valence-corrected chi connectivity index (χ2v) is 3.51. The Hall–Kier alpha value is -0.610. The van der Waals surface area contributed by atoms with Crippen molar-refractivity contribution in [1.29, 1.82) is 0 Å². The molecular weight excluding hydrogens is 154 g/mol. The standard InChI is InChI=1S/C8H17N3O/c1-11-3-2-7(6-11)4-10-5-8(9)12/h7,10H,2-6H2,1H3,(H2,9,12). The number of hydrogen-bond donors (Lipinski definition) is 2. The van der Waals surface area contributed by atoms with Crippen LogP contribution in [0.3, 0.4) is 0 Å². The maximum absolute atomic E-state index is 10.4. The third-order valence-corrected chi connectivity index (χ3v) is 2.22. The van der Waals surface area contributed by atoms with Crippen LogP contribution in [0.25, 0.3) is 0 Å². The first kappa shape index (κ1) is 9.48. The number of likely N-dealkylation sites (tertiary alicyclic amines) is 1. The fourth-order valence-electron chi connectivity index (χ4n) is 1.59. The first-order chi connectivity index (χ1) is 5.68. The first-order valence-electron chi connectivity index (χ1n) is 4.36. The van der Waals surface area contributed by atoms with Crippen molar-refractivity contribution in [3.05, 3.63) is 0 Å². The van der Waals surface area contributed by atoms with Gasteiger partial charge >= 0.3 is 0 Å². The van der Waals surface area contributed by atoms with Crippen molar-refractivity contribution in [2.75, 3.05) is 33.2 Å². The molecule has 0 aromatic rings. The van der Waals surface area contributed by atoms with E-state index in [0.717, 1.165) is 13.1 Å². The lowest BCUT2D eigenvalue weighted by Crippen LogP contribution is -2.32. The van der Waals surface area contributed by atoms with Crippen LogP contribution in [0.4, 0.5) is 0 Å². The van der Waals surface area contributed by atoms with Crippen LogP contribution in [0.2, 0.25) is 0 Å². The van der Waals surface area contributed by atoms with Crippen molar-refractivity contribution in [1.82, 2.24) is 10.2 Å². The zero-order valence-electron chi connectivity index (χ0n) is 7.55. The Morgan fingerprint density at radius 3 is 3.00 bits per heavy atom. The highest BCUT2D eigenvalue weighted by Crippen LogP contribution is 2.12. The van der Waals surface area contributed by atoms with E-state index in [1.165, 1.54) is 13.0 Å². The molecule has 1 atom stereocenters. The molecule has 1 fully saturated rings. The summed E-state index contributed by atoms with van der Waals surface area (Å²) in [5.41, 5.74) is 4.99. The highest BCUT2D eigenvalue weighted by atomic mass is 16.1. The van der Waals surface area contributed by atoms with Gasteiger partial charge in [-0.2, -0.15) is 0 Å². The molecule has 0 bridgehead atoms. The Kier molecular flexibility index (Phi) is 3.49. The van der Waals surface area contributed by atoms with Crippen LogP contribution in [0.15, 0.2) is 0 Å². The smallest absolute Gasteiger partial charge is 0.231 e. The summed E-state index contributed by atoms with van der Waals surface area (Å²) in [7, 11) is 2.12. The van der Waals surface area contributed by atoms with Gasteiger partial charge in [-0.05, 0) is 32.5 Å². The molecule has 3 N–H and O–H groups in total. The minimum absolute atomic E-state index is 0.277. The summed E-state index contributed by atoms with van der Waals surface area (Å²) in [4.78, 5) is 12.7. The molecule has 4 heteroatoms. The van der Waals surface area contributed by atoms with Crippen LogP contribution in [0, 0.1) is 5.92 Å². The van der Waals surface area contributed by atoms with E-state index in [-0.39, 0.29) is 5.91 Å². The summed E-state index contributed by atoms with van der Waals surface area (Å²) < 4.78 is 0. The highest BCUT2D eigenvalue weighted by Gasteiger charge is 2.18. The highest BCUT2D eigenvalue weighted by molar-refractivity contribution is 5.75. The third-order valence-electron chi connectivity index (χ3n) is 2.22. The molecule has 1 rings (SSSR count). The van der Waals surface area contributed by atoms with Gasteiger partial charge in [0, 0.05) is 6.54 Å². The lowest BCUT2D eigenvalue weighted by molar-refractivity contribution is -0.117. The number of amides is 1. The summed E-state index contributed by atoms with van der Waals surface area (Å²) in [6, 6.07) is 0. The fraction of sp³-hybridized carbons (Fsp3) is 0.875. The largest absolute Gasteiger partial charge is 0.369 e. The van der Waals surface area contributed by atoms with Crippen LogP contribution < -0.4 is 11.1 Å². The predicted octanol–water partition coefficient (Wildman–Crippen LogP) is -0.987. The number of nitrogens with zero attached hydrogens (tertiary/aromatic N) is 1. The molecule has 1 aliphatic heterocycles. The second kappa shape index (κ2) is 4.42. The summed E-state index contributed by atoms with van der Waals surface area (Å²) in [5.74, 6) is 0.413. The monoisotopic (exact) mass is 171 g/mol. The lowest BCUT2D eigenvalue weighted by Gasteiger charge is -2.10. The maximum atomic E-state index is 10.4. The Bertz CT molecular complexity index is 160. The van der Waals surface area contributed by atoms with Crippen molar-refractivity contribution in [3.63, 3.8) is 0 Å². The molecular formula is C8H17N3O. The van der Waals surface area contributed by atoms with E-state index < -0.39 is 0 Å². The van der Waals surface area contributed by atoms with Gasteiger partial charge < -0.3 is 16.0 Å². The van der Waals surface area contributed by atoms with E-state index in [0.29, 0.717) is 12.5 Å². The zero-order valence-corrected chi connectivity index (χ0v) is 7.55. The van der Waals surface area contributed by atoms with Crippen molar-refractivity contribution in [3.8, 4) is 0 Å². The van der Waals surface area contributed by atoms with Crippen LogP contribution in [0.1, 0.15) is 6.42 Å². The molecule has 1 saturated heterocycles. The fourth-order valence-corrected chi connectivity index (χ4v) is 1.59. The topological polar surface area (TPSA) is 58.4 Å². The Labute approximate surface area is 73.1 Å². The normalized spacial score (nSPS) is 24.6. The molecule has 0 spiro atoms. The zero-order chi connectivity index (χ0) is 8.97. The summed E-state index contributed by atoms with van der Waals surface area (Å²) >= 11 is 0. The SMILES string of the molecule is CN1CCC(CNCC(N)=O)C1. The quantitative estimate of drug-likeness (QED) is 0.571. The molecule has 12 heavy (non-hydrogen) atoms. The number of rotatable bonds is 4. The second-order valence-electron chi connectivity index (χ2n) is 3.51. The Morgan fingerprint density at radius 1 is 1.75 bits per heavy atom. The van der Waals surface area contributed by atoms with Crippen LogP contribution in [-0.4, -0.2) is 44.0 Å². The van der Waals surface area contributed by atoms with Gasteiger partial charge in [0.2, 0.25) is 5.91 Å². The molecule has 1 aliphatic rings. The van der Waals surface area contributed by atoms with E-state index in [2.05, 4.69) is 17.3 Å².